The number of rotatable bonds is 4. The third-order valence-electron chi connectivity index (χ3n) is 3.95. The van der Waals surface area contributed by atoms with Crippen LogP contribution in [0.1, 0.15) is 26.5 Å². The summed E-state index contributed by atoms with van der Waals surface area (Å²) < 4.78 is 6.72. The highest BCUT2D eigenvalue weighted by Gasteiger charge is 2.22. The van der Waals surface area contributed by atoms with E-state index in [1.807, 2.05) is 26.8 Å². The second kappa shape index (κ2) is 7.51. The van der Waals surface area contributed by atoms with Crippen LogP contribution in [0.2, 0.25) is 0 Å². The first-order valence-electron chi connectivity index (χ1n) is 8.63. The third kappa shape index (κ3) is 4.35. The number of aromatic nitrogens is 2. The minimum absolute atomic E-state index is 0.0666. The molecule has 28 heavy (non-hydrogen) atoms. The smallest absolute Gasteiger partial charge is 0.410 e. The lowest BCUT2D eigenvalue weighted by Gasteiger charge is -2.14. The Morgan fingerprint density at radius 1 is 1.11 bits per heavy atom. The molecular weight excluding hydrogens is 360 g/mol. The van der Waals surface area contributed by atoms with Crippen LogP contribution in [0, 0.1) is 10.1 Å². The summed E-state index contributed by atoms with van der Waals surface area (Å²) in [6.45, 7) is 5.96. The van der Waals surface area contributed by atoms with Crippen molar-refractivity contribution in [2.45, 2.75) is 26.2 Å². The molecule has 2 aromatic carbocycles. The molecule has 0 radical (unpaired) electrons. The molecule has 8 heteroatoms. The van der Waals surface area contributed by atoms with E-state index >= 15 is 0 Å². The summed E-state index contributed by atoms with van der Waals surface area (Å²) in [6.07, 6.45) is -0.682. The molecule has 0 saturated carbocycles. The van der Waals surface area contributed by atoms with Gasteiger partial charge in [0.25, 0.3) is 5.69 Å². The van der Waals surface area contributed by atoms with Gasteiger partial charge in [-0.2, -0.15) is 5.10 Å². The third-order valence-corrected chi connectivity index (χ3v) is 3.95. The molecule has 1 heterocycles. The van der Waals surface area contributed by atoms with Crippen molar-refractivity contribution in [3.8, 4) is 11.4 Å². The van der Waals surface area contributed by atoms with Crippen molar-refractivity contribution >= 4 is 17.6 Å². The number of amides is 1. The Bertz CT molecular complexity index is 1010. The van der Waals surface area contributed by atoms with Crippen molar-refractivity contribution in [1.29, 1.82) is 0 Å². The lowest BCUT2D eigenvalue weighted by molar-refractivity contribution is -0.384. The number of hydrogen-bond acceptors (Lipinski definition) is 5. The predicted molar refractivity (Wildman–Crippen MR) is 105 cm³/mol. The SMILES string of the molecule is CC(C)(C)c1cc(NC(=O)Oc2ccccc2)n(-c2cccc([N+](=O)[O-])c2)n1. The molecule has 1 N–H and O–H groups in total. The zero-order valence-corrected chi connectivity index (χ0v) is 15.7. The van der Waals surface area contributed by atoms with Gasteiger partial charge in [-0.05, 0) is 18.2 Å². The van der Waals surface area contributed by atoms with Crippen LogP contribution in [0.4, 0.5) is 16.3 Å². The number of nitro benzene ring substituents is 1. The zero-order chi connectivity index (χ0) is 20.3. The molecule has 0 bridgehead atoms. The number of nitrogens with zero attached hydrogens (tertiary/aromatic N) is 3. The van der Waals surface area contributed by atoms with E-state index in [-0.39, 0.29) is 11.1 Å². The van der Waals surface area contributed by atoms with Gasteiger partial charge in [-0.1, -0.05) is 45.0 Å². The summed E-state index contributed by atoms with van der Waals surface area (Å²) >= 11 is 0. The number of para-hydroxylation sites is 1. The van der Waals surface area contributed by atoms with Crippen molar-refractivity contribution in [3.05, 3.63) is 76.5 Å². The van der Waals surface area contributed by atoms with Crippen LogP contribution in [0.3, 0.4) is 0 Å². The molecule has 0 spiro atoms. The van der Waals surface area contributed by atoms with Gasteiger partial charge >= 0.3 is 6.09 Å². The molecule has 144 valence electrons. The minimum atomic E-state index is -0.682. The second-order valence-electron chi connectivity index (χ2n) is 7.18. The number of hydrogen-bond donors (Lipinski definition) is 1. The average Bonchev–Trinajstić information content (AvgIpc) is 3.06. The molecule has 1 amide bonds. The summed E-state index contributed by atoms with van der Waals surface area (Å²) in [4.78, 5) is 22.9. The summed E-state index contributed by atoms with van der Waals surface area (Å²) in [7, 11) is 0. The maximum atomic E-state index is 12.3. The molecule has 0 unspecified atom stereocenters. The van der Waals surface area contributed by atoms with Gasteiger partial charge < -0.3 is 4.74 Å². The molecule has 0 saturated heterocycles. The van der Waals surface area contributed by atoms with Crippen LogP contribution in [0.25, 0.3) is 5.69 Å². The average molecular weight is 380 g/mol. The van der Waals surface area contributed by atoms with Crippen molar-refractivity contribution in [2.75, 3.05) is 5.32 Å². The van der Waals surface area contributed by atoms with Crippen LogP contribution in [-0.4, -0.2) is 20.8 Å². The van der Waals surface area contributed by atoms with Gasteiger partial charge in [0, 0.05) is 23.6 Å². The first kappa shape index (κ1) is 19.1. The van der Waals surface area contributed by atoms with E-state index in [0.717, 1.165) is 0 Å². The van der Waals surface area contributed by atoms with Crippen LogP contribution >= 0.6 is 0 Å². The molecule has 0 aliphatic carbocycles. The highest BCUT2D eigenvalue weighted by atomic mass is 16.6. The summed E-state index contributed by atoms with van der Waals surface area (Å²) in [5.41, 5.74) is 0.822. The lowest BCUT2D eigenvalue weighted by atomic mass is 9.92. The van der Waals surface area contributed by atoms with Crippen LogP contribution in [-0.2, 0) is 5.41 Å². The number of carbonyl (C=O) groups is 1. The molecule has 3 aromatic rings. The quantitative estimate of drug-likeness (QED) is 0.523. The van der Waals surface area contributed by atoms with E-state index in [1.54, 1.807) is 42.5 Å². The Balaban J connectivity index is 1.95. The van der Waals surface area contributed by atoms with E-state index in [4.69, 9.17) is 4.74 Å². The van der Waals surface area contributed by atoms with Gasteiger partial charge in [0.1, 0.15) is 11.6 Å². The highest BCUT2D eigenvalue weighted by molar-refractivity contribution is 5.85. The van der Waals surface area contributed by atoms with Gasteiger partial charge in [-0.3, -0.25) is 15.4 Å². The predicted octanol–water partition coefficient (Wildman–Crippen LogP) is 4.69. The molecule has 8 nitrogen and oxygen atoms in total. The van der Waals surface area contributed by atoms with Crippen LogP contribution < -0.4 is 10.1 Å². The van der Waals surface area contributed by atoms with Gasteiger partial charge in [-0.15, -0.1) is 0 Å². The maximum absolute atomic E-state index is 12.3. The standard InChI is InChI=1S/C20H20N4O4/c1-20(2,3)17-13-18(21-19(25)28-16-10-5-4-6-11-16)23(22-17)14-8-7-9-15(12-14)24(26)27/h4-13H,1-3H3,(H,21,25). The molecule has 1 aromatic heterocycles. The Hall–Kier alpha value is -3.68. The number of non-ortho nitro benzene ring substituents is 1. The normalized spacial score (nSPS) is 11.1. The van der Waals surface area contributed by atoms with Gasteiger partial charge in [-0.25, -0.2) is 9.48 Å². The van der Waals surface area contributed by atoms with Crippen LogP contribution in [0.5, 0.6) is 5.75 Å². The zero-order valence-electron chi connectivity index (χ0n) is 15.7. The monoisotopic (exact) mass is 380 g/mol. The molecule has 0 fully saturated rings. The fraction of sp³-hybridized carbons (Fsp3) is 0.200. The number of ether oxygens (including phenoxy) is 1. The number of nitro groups is 1. The van der Waals surface area contributed by atoms with E-state index in [9.17, 15) is 14.9 Å². The largest absolute Gasteiger partial charge is 0.418 e. The van der Waals surface area contributed by atoms with E-state index < -0.39 is 11.0 Å². The molecule has 0 aliphatic rings. The molecule has 0 aliphatic heterocycles. The van der Waals surface area contributed by atoms with Crippen LogP contribution in [0.15, 0.2) is 60.7 Å². The van der Waals surface area contributed by atoms with E-state index in [1.165, 1.54) is 16.8 Å². The molecule has 3 rings (SSSR count). The Morgan fingerprint density at radius 3 is 2.46 bits per heavy atom. The van der Waals surface area contributed by atoms with Crippen molar-refractivity contribution < 1.29 is 14.5 Å². The second-order valence-corrected chi connectivity index (χ2v) is 7.18. The topological polar surface area (TPSA) is 99.3 Å². The summed E-state index contributed by atoms with van der Waals surface area (Å²) in [5, 5.41) is 18.3. The lowest BCUT2D eigenvalue weighted by Crippen LogP contribution is -2.19. The fourth-order valence-corrected chi connectivity index (χ4v) is 2.50. The summed E-state index contributed by atoms with van der Waals surface area (Å²) in [5.74, 6) is 0.754. The Kier molecular flexibility index (Phi) is 5.12. The van der Waals surface area contributed by atoms with Crippen molar-refractivity contribution in [3.63, 3.8) is 0 Å². The number of benzene rings is 2. The van der Waals surface area contributed by atoms with Gasteiger partial charge in [0.15, 0.2) is 0 Å². The van der Waals surface area contributed by atoms with Gasteiger partial charge in [0.2, 0.25) is 0 Å². The molecular formula is C20H20N4O4. The first-order chi connectivity index (χ1) is 13.2. The number of nitrogens with one attached hydrogen (secondary N) is 1. The fourth-order valence-electron chi connectivity index (χ4n) is 2.50. The van der Waals surface area contributed by atoms with Crippen molar-refractivity contribution in [1.82, 2.24) is 9.78 Å². The van der Waals surface area contributed by atoms with E-state index in [2.05, 4.69) is 10.4 Å². The summed E-state index contributed by atoms with van der Waals surface area (Å²) in [6, 6.07) is 16.4. The number of carbonyl (C=O) groups excluding carboxylic acids is 1. The molecule has 0 atom stereocenters. The number of anilines is 1. The van der Waals surface area contributed by atoms with Gasteiger partial charge in [0.05, 0.1) is 16.3 Å². The first-order valence-corrected chi connectivity index (χ1v) is 8.63. The van der Waals surface area contributed by atoms with Crippen molar-refractivity contribution in [2.24, 2.45) is 0 Å². The highest BCUT2D eigenvalue weighted by Crippen LogP contribution is 2.27. The van der Waals surface area contributed by atoms with E-state index in [0.29, 0.717) is 22.9 Å². The minimum Gasteiger partial charge on any atom is -0.410 e. The Labute approximate surface area is 161 Å². The maximum Gasteiger partial charge on any atom is 0.418 e. The Morgan fingerprint density at radius 2 is 1.82 bits per heavy atom.